The number of carbonyl (C=O) groups is 2. The van der Waals surface area contributed by atoms with E-state index in [0.717, 1.165) is 23.6 Å². The van der Waals surface area contributed by atoms with Crippen LogP contribution in [0.5, 0.6) is 0 Å². The lowest BCUT2D eigenvalue weighted by atomic mass is 9.69. The van der Waals surface area contributed by atoms with Crippen molar-refractivity contribution in [2.75, 3.05) is 12.4 Å². The number of fused-ring (bicyclic) bond motifs is 1. The van der Waals surface area contributed by atoms with E-state index in [1.807, 2.05) is 0 Å². The summed E-state index contributed by atoms with van der Waals surface area (Å²) in [6.45, 7) is 5.54. The normalized spacial score (nSPS) is 36.4. The summed E-state index contributed by atoms with van der Waals surface area (Å²) in [5.74, 6) is -0.423. The van der Waals surface area contributed by atoms with Gasteiger partial charge in [-0.1, -0.05) is 13.8 Å². The van der Waals surface area contributed by atoms with Crippen molar-refractivity contribution in [2.24, 2.45) is 16.7 Å². The van der Waals surface area contributed by atoms with E-state index in [9.17, 15) is 18.0 Å². The first-order valence-electron chi connectivity index (χ1n) is 7.98. The molecule has 0 radical (unpaired) electrons. The first kappa shape index (κ1) is 16.5. The van der Waals surface area contributed by atoms with E-state index in [2.05, 4.69) is 13.8 Å². The van der Waals surface area contributed by atoms with Gasteiger partial charge in [0.2, 0.25) is 10.0 Å². The molecule has 23 heavy (non-hydrogen) atoms. The second kappa shape index (κ2) is 5.06. The minimum atomic E-state index is -3.59. The van der Waals surface area contributed by atoms with Crippen molar-refractivity contribution in [2.45, 2.75) is 46.1 Å². The summed E-state index contributed by atoms with van der Waals surface area (Å²) in [6.07, 6.45) is 5.27. The summed E-state index contributed by atoms with van der Waals surface area (Å²) in [5, 5.41) is 0. The molecule has 3 rings (SSSR count). The molecule has 128 valence electrons. The van der Waals surface area contributed by atoms with Crippen LogP contribution < -0.4 is 0 Å². The molecule has 3 aliphatic rings. The highest BCUT2D eigenvalue weighted by Gasteiger charge is 2.72. The average Bonchev–Trinajstić information content (AvgIpc) is 2.90. The number of nitrogens with zero attached hydrogens (tertiary/aromatic N) is 1. The minimum Gasteiger partial charge on any atom is -0.462 e. The molecule has 0 aromatic heterocycles. The molecule has 2 saturated carbocycles. The zero-order valence-corrected chi connectivity index (χ0v) is 14.6. The van der Waals surface area contributed by atoms with Crippen LogP contribution in [0, 0.1) is 16.7 Å². The van der Waals surface area contributed by atoms with Gasteiger partial charge in [0.15, 0.2) is 0 Å². The predicted octanol–water partition coefficient (Wildman–Crippen LogP) is 1.47. The molecule has 3 unspecified atom stereocenters. The Hall–Kier alpha value is -1.37. The van der Waals surface area contributed by atoms with E-state index >= 15 is 0 Å². The quantitative estimate of drug-likeness (QED) is 0.574. The Bertz CT molecular complexity index is 681. The van der Waals surface area contributed by atoms with Crippen LogP contribution in [0.3, 0.4) is 0 Å². The molecule has 1 amide bonds. The Labute approximate surface area is 136 Å². The fourth-order valence-electron chi connectivity index (χ4n) is 4.97. The van der Waals surface area contributed by atoms with E-state index in [4.69, 9.17) is 4.74 Å². The first-order valence-corrected chi connectivity index (χ1v) is 9.59. The number of rotatable bonds is 3. The third-order valence-electron chi connectivity index (χ3n) is 6.27. The molecule has 7 heteroatoms. The smallest absolute Gasteiger partial charge is 0.302 e. The number of ether oxygens (including phenoxy) is 1. The van der Waals surface area contributed by atoms with E-state index in [1.165, 1.54) is 19.1 Å². The molecule has 0 N–H and O–H groups in total. The third-order valence-corrected chi connectivity index (χ3v) is 8.19. The maximum absolute atomic E-state index is 12.6. The van der Waals surface area contributed by atoms with Crippen molar-refractivity contribution in [3.8, 4) is 0 Å². The molecule has 1 saturated heterocycles. The highest BCUT2D eigenvalue weighted by atomic mass is 32.2. The van der Waals surface area contributed by atoms with Crippen LogP contribution in [0.25, 0.3) is 0 Å². The summed E-state index contributed by atoms with van der Waals surface area (Å²) in [7, 11) is -3.59. The van der Waals surface area contributed by atoms with Gasteiger partial charge in [0, 0.05) is 18.4 Å². The molecule has 1 spiro atoms. The van der Waals surface area contributed by atoms with Gasteiger partial charge in [0.25, 0.3) is 5.91 Å². The van der Waals surface area contributed by atoms with E-state index in [0.29, 0.717) is 5.92 Å². The van der Waals surface area contributed by atoms with Crippen molar-refractivity contribution in [1.29, 1.82) is 0 Å². The predicted molar refractivity (Wildman–Crippen MR) is 83.7 cm³/mol. The molecular formula is C16H23NO5S. The monoisotopic (exact) mass is 341 g/mol. The maximum Gasteiger partial charge on any atom is 0.302 e. The lowest BCUT2D eigenvalue weighted by molar-refractivity contribution is -0.139. The molecule has 2 bridgehead atoms. The van der Waals surface area contributed by atoms with Gasteiger partial charge in [-0.25, -0.2) is 12.7 Å². The second-order valence-corrected chi connectivity index (χ2v) is 9.31. The summed E-state index contributed by atoms with van der Waals surface area (Å²) in [5.41, 5.74) is -0.364. The Morgan fingerprint density at radius 2 is 2.04 bits per heavy atom. The highest BCUT2D eigenvalue weighted by Crippen LogP contribution is 2.69. The number of amides is 1. The lowest BCUT2D eigenvalue weighted by Gasteiger charge is -2.36. The van der Waals surface area contributed by atoms with Crippen LogP contribution in [0.4, 0.5) is 0 Å². The van der Waals surface area contributed by atoms with Crippen molar-refractivity contribution in [3.05, 3.63) is 12.2 Å². The second-order valence-electron chi connectivity index (χ2n) is 7.46. The number of hydrogen-bond acceptors (Lipinski definition) is 5. The highest BCUT2D eigenvalue weighted by molar-refractivity contribution is 7.90. The van der Waals surface area contributed by atoms with Crippen LogP contribution in [0.15, 0.2) is 12.2 Å². The summed E-state index contributed by atoms with van der Waals surface area (Å²) in [4.78, 5) is 23.2. The fraction of sp³-hybridized carbons (Fsp3) is 0.750. The summed E-state index contributed by atoms with van der Waals surface area (Å²) in [6, 6.07) is -0.230. The molecule has 6 nitrogen and oxygen atoms in total. The van der Waals surface area contributed by atoms with Gasteiger partial charge in [-0.15, -0.1) is 0 Å². The maximum atomic E-state index is 12.6. The summed E-state index contributed by atoms with van der Waals surface area (Å²) >= 11 is 0. The molecule has 1 heterocycles. The Kier molecular flexibility index (Phi) is 3.63. The summed E-state index contributed by atoms with van der Waals surface area (Å²) < 4.78 is 31.1. The van der Waals surface area contributed by atoms with E-state index in [-0.39, 0.29) is 29.2 Å². The number of esters is 1. The lowest BCUT2D eigenvalue weighted by Crippen LogP contribution is -2.43. The standard InChI is InChI=1S/C16H23NO5S/c1-11(18)22-8-4-5-14(19)17-13-9-12-6-7-16(13,15(12,2)3)10-23(17,20)21/h4-5,12-13H,6-10H2,1-3H3/b5-4+. The van der Waals surface area contributed by atoms with Gasteiger partial charge in [0.05, 0.1) is 11.8 Å². The van der Waals surface area contributed by atoms with Gasteiger partial charge in [-0.2, -0.15) is 0 Å². The van der Waals surface area contributed by atoms with Crippen molar-refractivity contribution in [1.82, 2.24) is 4.31 Å². The zero-order valence-electron chi connectivity index (χ0n) is 13.7. The Balaban J connectivity index is 1.83. The van der Waals surface area contributed by atoms with Gasteiger partial charge in [0.1, 0.15) is 6.61 Å². The first-order chi connectivity index (χ1) is 10.6. The molecule has 0 aromatic rings. The van der Waals surface area contributed by atoms with Crippen LogP contribution in [0.2, 0.25) is 0 Å². The van der Waals surface area contributed by atoms with Gasteiger partial charge >= 0.3 is 5.97 Å². The number of sulfonamides is 1. The van der Waals surface area contributed by atoms with E-state index in [1.54, 1.807) is 0 Å². The van der Waals surface area contributed by atoms with Crippen LogP contribution in [-0.4, -0.2) is 43.0 Å². The zero-order chi connectivity index (χ0) is 17.0. The van der Waals surface area contributed by atoms with Crippen LogP contribution in [0.1, 0.15) is 40.0 Å². The minimum absolute atomic E-state index is 0.0289. The van der Waals surface area contributed by atoms with Crippen molar-refractivity contribution >= 4 is 21.9 Å². The van der Waals surface area contributed by atoms with Gasteiger partial charge in [-0.3, -0.25) is 9.59 Å². The molecule has 1 aliphatic heterocycles. The molecule has 3 fully saturated rings. The van der Waals surface area contributed by atoms with E-state index < -0.39 is 21.9 Å². The average molecular weight is 341 g/mol. The molecule has 3 atom stereocenters. The van der Waals surface area contributed by atoms with Gasteiger partial charge in [-0.05, 0) is 36.7 Å². The Morgan fingerprint density at radius 1 is 1.35 bits per heavy atom. The number of hydrogen-bond donors (Lipinski definition) is 0. The Morgan fingerprint density at radius 3 is 2.65 bits per heavy atom. The van der Waals surface area contributed by atoms with Gasteiger partial charge < -0.3 is 4.74 Å². The third kappa shape index (κ3) is 2.23. The fourth-order valence-corrected chi connectivity index (χ4v) is 7.48. The molecule has 0 aromatic carbocycles. The SMILES string of the molecule is CC(=O)OC/C=C/C(=O)N1C2CC3CCC2(CS1(=O)=O)C3(C)C. The number of carbonyl (C=O) groups excluding carboxylic acids is 2. The van der Waals surface area contributed by atoms with Crippen LogP contribution in [-0.2, 0) is 24.3 Å². The topological polar surface area (TPSA) is 80.8 Å². The van der Waals surface area contributed by atoms with Crippen molar-refractivity contribution < 1.29 is 22.7 Å². The molecular weight excluding hydrogens is 318 g/mol. The molecule has 2 aliphatic carbocycles. The van der Waals surface area contributed by atoms with Crippen LogP contribution >= 0.6 is 0 Å². The largest absolute Gasteiger partial charge is 0.462 e. The van der Waals surface area contributed by atoms with Crippen molar-refractivity contribution in [3.63, 3.8) is 0 Å².